The van der Waals surface area contributed by atoms with E-state index in [1.54, 1.807) is 6.92 Å². The van der Waals surface area contributed by atoms with Crippen molar-refractivity contribution in [3.05, 3.63) is 29.8 Å². The third kappa shape index (κ3) is 2.70. The van der Waals surface area contributed by atoms with Crippen LogP contribution in [0.5, 0.6) is 0 Å². The van der Waals surface area contributed by atoms with Crippen molar-refractivity contribution in [3.63, 3.8) is 0 Å². The molecule has 1 atom stereocenters. The second-order valence-electron chi connectivity index (χ2n) is 3.44. The standard InChI is InChI=1S/C11H16N2O2/c1-8-4-6-10(7-5-8)13(12)9(2)11(14)15-3/h4-7,9H,12H2,1-3H3. The molecule has 0 aromatic heterocycles. The predicted octanol–water partition coefficient (Wildman–Crippen LogP) is 1.24. The number of hydrogen-bond donors (Lipinski definition) is 1. The number of carbonyl (C=O) groups excluding carboxylic acids is 1. The molecular weight excluding hydrogens is 192 g/mol. The number of carbonyl (C=O) groups is 1. The van der Waals surface area contributed by atoms with Gasteiger partial charge in [0.25, 0.3) is 0 Å². The molecule has 2 N–H and O–H groups in total. The Labute approximate surface area is 89.6 Å². The molecule has 0 saturated carbocycles. The van der Waals surface area contributed by atoms with E-state index in [1.165, 1.54) is 12.1 Å². The van der Waals surface area contributed by atoms with Gasteiger partial charge in [0.1, 0.15) is 6.04 Å². The zero-order valence-electron chi connectivity index (χ0n) is 9.23. The van der Waals surface area contributed by atoms with Gasteiger partial charge in [-0.1, -0.05) is 17.7 Å². The Morgan fingerprint density at radius 2 is 1.93 bits per heavy atom. The molecule has 0 radical (unpaired) electrons. The number of methoxy groups -OCH3 is 1. The molecule has 15 heavy (non-hydrogen) atoms. The Kier molecular flexibility index (Phi) is 3.68. The van der Waals surface area contributed by atoms with E-state index in [0.717, 1.165) is 11.3 Å². The fraction of sp³-hybridized carbons (Fsp3) is 0.364. The lowest BCUT2D eigenvalue weighted by Gasteiger charge is -2.24. The van der Waals surface area contributed by atoms with Gasteiger partial charge in [-0.15, -0.1) is 0 Å². The first kappa shape index (κ1) is 11.5. The Morgan fingerprint density at radius 1 is 1.40 bits per heavy atom. The average molecular weight is 208 g/mol. The zero-order chi connectivity index (χ0) is 11.4. The second kappa shape index (κ2) is 4.79. The number of ether oxygens (including phenoxy) is 1. The fourth-order valence-electron chi connectivity index (χ4n) is 1.22. The van der Waals surface area contributed by atoms with Crippen LogP contribution in [-0.4, -0.2) is 19.1 Å². The highest BCUT2D eigenvalue weighted by molar-refractivity contribution is 5.79. The van der Waals surface area contributed by atoms with E-state index in [9.17, 15) is 4.79 Å². The summed E-state index contributed by atoms with van der Waals surface area (Å²) in [6.45, 7) is 3.69. The molecule has 0 aliphatic rings. The van der Waals surface area contributed by atoms with Gasteiger partial charge < -0.3 is 4.74 Å². The van der Waals surface area contributed by atoms with Crippen LogP contribution >= 0.6 is 0 Å². The molecule has 0 aliphatic carbocycles. The zero-order valence-corrected chi connectivity index (χ0v) is 9.23. The first-order valence-corrected chi connectivity index (χ1v) is 4.74. The Hall–Kier alpha value is -1.55. The van der Waals surface area contributed by atoms with E-state index >= 15 is 0 Å². The predicted molar refractivity (Wildman–Crippen MR) is 59.3 cm³/mol. The Morgan fingerprint density at radius 3 is 2.40 bits per heavy atom. The molecule has 0 heterocycles. The lowest BCUT2D eigenvalue weighted by atomic mass is 10.2. The maximum absolute atomic E-state index is 11.2. The molecule has 4 nitrogen and oxygen atoms in total. The summed E-state index contributed by atoms with van der Waals surface area (Å²) in [6, 6.07) is 7.14. The minimum absolute atomic E-state index is 0.349. The average Bonchev–Trinajstić information content (AvgIpc) is 2.27. The van der Waals surface area contributed by atoms with Crippen LogP contribution < -0.4 is 10.9 Å². The molecule has 0 amide bonds. The van der Waals surface area contributed by atoms with Crippen LogP contribution in [0.2, 0.25) is 0 Å². The summed E-state index contributed by atoms with van der Waals surface area (Å²) in [7, 11) is 1.35. The van der Waals surface area contributed by atoms with Gasteiger partial charge in [0.2, 0.25) is 0 Å². The maximum Gasteiger partial charge on any atom is 0.329 e. The molecule has 4 heteroatoms. The SMILES string of the molecule is COC(=O)C(C)N(N)c1ccc(C)cc1. The van der Waals surface area contributed by atoms with Crippen LogP contribution in [0.3, 0.4) is 0 Å². The first-order valence-electron chi connectivity index (χ1n) is 4.74. The van der Waals surface area contributed by atoms with E-state index in [2.05, 4.69) is 4.74 Å². The highest BCUT2D eigenvalue weighted by Crippen LogP contribution is 2.14. The molecule has 0 spiro atoms. The molecule has 82 valence electrons. The molecular formula is C11H16N2O2. The van der Waals surface area contributed by atoms with Crippen molar-refractivity contribution in [1.82, 2.24) is 0 Å². The van der Waals surface area contributed by atoms with Crippen LogP contribution in [0.1, 0.15) is 12.5 Å². The van der Waals surface area contributed by atoms with E-state index in [0.29, 0.717) is 0 Å². The minimum atomic E-state index is -0.488. The van der Waals surface area contributed by atoms with Gasteiger partial charge in [0.15, 0.2) is 0 Å². The number of hydrogen-bond acceptors (Lipinski definition) is 4. The van der Waals surface area contributed by atoms with Crippen LogP contribution in [0.25, 0.3) is 0 Å². The number of hydrazine groups is 1. The fourth-order valence-corrected chi connectivity index (χ4v) is 1.22. The van der Waals surface area contributed by atoms with Gasteiger partial charge >= 0.3 is 5.97 Å². The number of rotatable bonds is 3. The third-order valence-electron chi connectivity index (χ3n) is 2.29. The number of nitrogens with zero attached hydrogens (tertiary/aromatic N) is 1. The van der Waals surface area contributed by atoms with Gasteiger partial charge in [0.05, 0.1) is 12.8 Å². The van der Waals surface area contributed by atoms with Gasteiger partial charge in [-0.3, -0.25) is 5.01 Å². The van der Waals surface area contributed by atoms with Crippen molar-refractivity contribution < 1.29 is 9.53 Å². The summed E-state index contributed by atoms with van der Waals surface area (Å²) in [5, 5.41) is 1.39. The summed E-state index contributed by atoms with van der Waals surface area (Å²) < 4.78 is 4.62. The van der Waals surface area contributed by atoms with E-state index < -0.39 is 6.04 Å². The van der Waals surface area contributed by atoms with E-state index in [4.69, 9.17) is 5.84 Å². The molecule has 0 fully saturated rings. The van der Waals surface area contributed by atoms with Crippen LogP contribution in [0.4, 0.5) is 5.69 Å². The normalized spacial score (nSPS) is 12.0. The number of esters is 1. The highest BCUT2D eigenvalue weighted by atomic mass is 16.5. The second-order valence-corrected chi connectivity index (χ2v) is 3.44. The third-order valence-corrected chi connectivity index (χ3v) is 2.29. The number of anilines is 1. The smallest absolute Gasteiger partial charge is 0.329 e. The summed E-state index contributed by atoms with van der Waals surface area (Å²) in [5.41, 5.74) is 1.94. The van der Waals surface area contributed by atoms with E-state index in [1.807, 2.05) is 31.2 Å². The van der Waals surface area contributed by atoms with Crippen molar-refractivity contribution in [2.45, 2.75) is 19.9 Å². The highest BCUT2D eigenvalue weighted by Gasteiger charge is 2.19. The van der Waals surface area contributed by atoms with Crippen molar-refractivity contribution in [3.8, 4) is 0 Å². The summed E-state index contributed by atoms with van der Waals surface area (Å²) >= 11 is 0. The van der Waals surface area contributed by atoms with E-state index in [-0.39, 0.29) is 5.97 Å². The summed E-state index contributed by atoms with van der Waals surface area (Å²) in [4.78, 5) is 11.2. The first-order chi connectivity index (χ1) is 7.06. The van der Waals surface area contributed by atoms with Crippen molar-refractivity contribution >= 4 is 11.7 Å². The number of benzene rings is 1. The quantitative estimate of drug-likeness (QED) is 0.461. The molecule has 1 aromatic carbocycles. The molecule has 1 rings (SSSR count). The van der Waals surface area contributed by atoms with Crippen LogP contribution in [-0.2, 0) is 9.53 Å². The van der Waals surface area contributed by atoms with Gasteiger partial charge in [-0.2, -0.15) is 0 Å². The monoisotopic (exact) mass is 208 g/mol. The van der Waals surface area contributed by atoms with Crippen LogP contribution in [0, 0.1) is 6.92 Å². The van der Waals surface area contributed by atoms with Crippen molar-refractivity contribution in [2.75, 3.05) is 12.1 Å². The summed E-state index contributed by atoms with van der Waals surface area (Å²) in [5.74, 6) is 5.45. The van der Waals surface area contributed by atoms with Gasteiger partial charge in [-0.05, 0) is 26.0 Å². The van der Waals surface area contributed by atoms with Crippen molar-refractivity contribution in [1.29, 1.82) is 0 Å². The van der Waals surface area contributed by atoms with Gasteiger partial charge in [-0.25, -0.2) is 10.6 Å². The minimum Gasteiger partial charge on any atom is -0.467 e. The molecule has 0 aliphatic heterocycles. The largest absolute Gasteiger partial charge is 0.467 e. The molecule has 1 aromatic rings. The topological polar surface area (TPSA) is 55.6 Å². The number of aryl methyl sites for hydroxylation is 1. The summed E-state index contributed by atoms with van der Waals surface area (Å²) in [6.07, 6.45) is 0. The lowest BCUT2D eigenvalue weighted by molar-refractivity contribution is -0.141. The number of nitrogens with two attached hydrogens (primary N) is 1. The Bertz CT molecular complexity index is 335. The van der Waals surface area contributed by atoms with Crippen molar-refractivity contribution in [2.24, 2.45) is 5.84 Å². The molecule has 0 bridgehead atoms. The lowest BCUT2D eigenvalue weighted by Crippen LogP contribution is -2.44. The molecule has 0 saturated heterocycles. The maximum atomic E-state index is 11.2. The van der Waals surface area contributed by atoms with Crippen LogP contribution in [0.15, 0.2) is 24.3 Å². The Balaban J connectivity index is 2.80. The van der Waals surface area contributed by atoms with Gasteiger partial charge in [0, 0.05) is 0 Å². The molecule has 1 unspecified atom stereocenters.